The summed E-state index contributed by atoms with van der Waals surface area (Å²) >= 11 is 0. The maximum absolute atomic E-state index is 13.5. The van der Waals surface area contributed by atoms with Crippen molar-refractivity contribution in [2.45, 2.75) is 75.4 Å². The number of piperidine rings is 2. The molecule has 1 aliphatic carbocycles. The standard InChI is InChI=1S/C26H41N5O5S/c32-26(24-17-25(36-28-24)20-1-2-20)27-21-15-22-3-4-23(16-21)31(22)37(33,34)18-19-5-7-29(8-6-19)9-10-30-11-13-35-14-12-30/h17,19-23H,1-16,18H2,(H,27,32)/t21?,22-,23+. The molecule has 37 heavy (non-hydrogen) atoms. The van der Waals surface area contributed by atoms with Crippen LogP contribution in [0, 0.1) is 5.92 Å². The Bertz CT molecular complexity index is 1030. The van der Waals surface area contributed by atoms with Gasteiger partial charge in [0, 0.05) is 56.3 Å². The van der Waals surface area contributed by atoms with Crippen LogP contribution in [-0.4, -0.2) is 110 Å². The van der Waals surface area contributed by atoms with E-state index in [0.717, 1.165) is 96.8 Å². The molecular weight excluding hydrogens is 494 g/mol. The van der Waals surface area contributed by atoms with Gasteiger partial charge in [-0.3, -0.25) is 9.69 Å². The molecule has 5 aliphatic rings. The van der Waals surface area contributed by atoms with E-state index < -0.39 is 10.0 Å². The maximum atomic E-state index is 13.5. The van der Waals surface area contributed by atoms with Gasteiger partial charge in [0.15, 0.2) is 5.69 Å². The third kappa shape index (κ3) is 6.06. The minimum absolute atomic E-state index is 0.0120. The molecule has 3 atom stereocenters. The molecule has 1 N–H and O–H groups in total. The number of nitrogens with zero attached hydrogens (tertiary/aromatic N) is 4. The molecule has 5 heterocycles. The summed E-state index contributed by atoms with van der Waals surface area (Å²) in [5, 5.41) is 7.06. The lowest BCUT2D eigenvalue weighted by Gasteiger charge is -2.39. The number of carbonyl (C=O) groups is 1. The van der Waals surface area contributed by atoms with E-state index in [1.807, 2.05) is 4.31 Å². The second kappa shape index (κ2) is 10.9. The summed E-state index contributed by atoms with van der Waals surface area (Å²) in [4.78, 5) is 17.7. The van der Waals surface area contributed by atoms with Crippen LogP contribution in [0.15, 0.2) is 10.6 Å². The largest absolute Gasteiger partial charge is 0.379 e. The third-order valence-electron chi connectivity index (χ3n) is 9.05. The van der Waals surface area contributed by atoms with Gasteiger partial charge in [0.1, 0.15) is 5.76 Å². The summed E-state index contributed by atoms with van der Waals surface area (Å²) in [7, 11) is -3.32. The van der Waals surface area contributed by atoms with Gasteiger partial charge in [0.05, 0.1) is 19.0 Å². The van der Waals surface area contributed by atoms with Crippen LogP contribution in [0.1, 0.15) is 73.5 Å². The van der Waals surface area contributed by atoms with E-state index >= 15 is 0 Å². The number of hydrogen-bond donors (Lipinski definition) is 1. The lowest BCUT2D eigenvalue weighted by molar-refractivity contribution is 0.0316. The molecule has 6 rings (SSSR count). The molecule has 1 aromatic heterocycles. The molecule has 0 radical (unpaired) electrons. The number of morpholine rings is 1. The number of nitrogens with one attached hydrogen (secondary N) is 1. The second-order valence-electron chi connectivity index (χ2n) is 11.8. The van der Waals surface area contributed by atoms with Crippen molar-refractivity contribution < 1.29 is 22.5 Å². The van der Waals surface area contributed by atoms with Crippen LogP contribution in [0.5, 0.6) is 0 Å². The van der Waals surface area contributed by atoms with Crippen molar-refractivity contribution in [2.24, 2.45) is 5.92 Å². The number of carbonyl (C=O) groups excluding carboxylic acids is 1. The predicted octanol–water partition coefficient (Wildman–Crippen LogP) is 1.65. The first-order chi connectivity index (χ1) is 17.9. The molecular formula is C26H41N5O5S. The van der Waals surface area contributed by atoms with Gasteiger partial charge < -0.3 is 19.5 Å². The molecule has 206 valence electrons. The monoisotopic (exact) mass is 535 g/mol. The van der Waals surface area contributed by atoms with Crippen molar-refractivity contribution in [3.63, 3.8) is 0 Å². The Morgan fingerprint density at radius 1 is 0.946 bits per heavy atom. The second-order valence-corrected chi connectivity index (χ2v) is 13.7. The lowest BCUT2D eigenvalue weighted by Crippen LogP contribution is -2.53. The number of fused-ring (bicyclic) bond motifs is 2. The van der Waals surface area contributed by atoms with E-state index in [1.54, 1.807) is 6.07 Å². The SMILES string of the molecule is O=C(NC1C[C@H]2CC[C@@H](C1)N2S(=O)(=O)CC1CCN(CCN2CCOCC2)CC1)c1cc(C2CC2)on1. The highest BCUT2D eigenvalue weighted by atomic mass is 32.2. The fraction of sp³-hybridized carbons (Fsp3) is 0.846. The smallest absolute Gasteiger partial charge is 0.273 e. The Kier molecular flexibility index (Phi) is 7.59. The van der Waals surface area contributed by atoms with Gasteiger partial charge in [-0.2, -0.15) is 4.31 Å². The van der Waals surface area contributed by atoms with Crippen LogP contribution in [0.2, 0.25) is 0 Å². The maximum Gasteiger partial charge on any atom is 0.273 e. The molecule has 1 unspecified atom stereocenters. The lowest BCUT2D eigenvalue weighted by atomic mass is 9.99. The molecule has 11 heteroatoms. The summed E-state index contributed by atoms with van der Waals surface area (Å²) in [5.41, 5.74) is 0.334. The Morgan fingerprint density at radius 3 is 2.24 bits per heavy atom. The van der Waals surface area contributed by atoms with E-state index in [0.29, 0.717) is 24.5 Å². The normalized spacial score (nSPS) is 30.5. The molecule has 0 spiro atoms. The molecule has 1 saturated carbocycles. The van der Waals surface area contributed by atoms with Crippen molar-refractivity contribution >= 4 is 15.9 Å². The number of hydrogen-bond acceptors (Lipinski definition) is 8. The van der Waals surface area contributed by atoms with Gasteiger partial charge in [-0.05, 0) is 70.4 Å². The van der Waals surface area contributed by atoms with Gasteiger partial charge in [-0.15, -0.1) is 0 Å². The van der Waals surface area contributed by atoms with E-state index in [-0.39, 0.29) is 35.7 Å². The highest BCUT2D eigenvalue weighted by Gasteiger charge is 2.47. The first-order valence-corrected chi connectivity index (χ1v) is 15.9. The molecule has 4 saturated heterocycles. The fourth-order valence-electron chi connectivity index (χ4n) is 6.79. The number of sulfonamides is 1. The Labute approximate surface area is 220 Å². The van der Waals surface area contributed by atoms with Gasteiger partial charge in [0.25, 0.3) is 5.91 Å². The highest BCUT2D eigenvalue weighted by molar-refractivity contribution is 7.89. The average molecular weight is 536 g/mol. The van der Waals surface area contributed by atoms with Gasteiger partial charge in [-0.25, -0.2) is 8.42 Å². The van der Waals surface area contributed by atoms with Crippen LogP contribution < -0.4 is 5.32 Å². The van der Waals surface area contributed by atoms with Crippen molar-refractivity contribution in [3.8, 4) is 0 Å². The first kappa shape index (κ1) is 25.7. The number of likely N-dealkylation sites (tertiary alicyclic amines) is 1. The van der Waals surface area contributed by atoms with Crippen LogP contribution in [0.25, 0.3) is 0 Å². The predicted molar refractivity (Wildman–Crippen MR) is 138 cm³/mol. The number of rotatable bonds is 9. The average Bonchev–Trinajstić information content (AvgIpc) is 3.54. The third-order valence-corrected chi connectivity index (χ3v) is 11.2. The highest BCUT2D eigenvalue weighted by Crippen LogP contribution is 2.41. The van der Waals surface area contributed by atoms with E-state index in [4.69, 9.17) is 9.26 Å². The minimum atomic E-state index is -3.32. The molecule has 1 aromatic rings. The summed E-state index contributed by atoms with van der Waals surface area (Å²) in [6.07, 6.45) is 7.21. The van der Waals surface area contributed by atoms with Gasteiger partial charge in [-0.1, -0.05) is 5.16 Å². The van der Waals surface area contributed by atoms with Crippen molar-refractivity contribution in [1.82, 2.24) is 24.6 Å². The zero-order chi connectivity index (χ0) is 25.4. The number of amides is 1. The van der Waals surface area contributed by atoms with Gasteiger partial charge >= 0.3 is 0 Å². The molecule has 4 aliphatic heterocycles. The van der Waals surface area contributed by atoms with E-state index in [2.05, 4.69) is 20.3 Å². The molecule has 2 bridgehead atoms. The van der Waals surface area contributed by atoms with Crippen LogP contribution in [-0.2, 0) is 14.8 Å². The minimum Gasteiger partial charge on any atom is -0.379 e. The van der Waals surface area contributed by atoms with Crippen molar-refractivity contribution in [3.05, 3.63) is 17.5 Å². The van der Waals surface area contributed by atoms with Crippen LogP contribution >= 0.6 is 0 Å². The Hall–Kier alpha value is -1.53. The molecule has 1 amide bonds. The summed E-state index contributed by atoms with van der Waals surface area (Å²) in [6, 6.07) is 1.71. The van der Waals surface area contributed by atoms with Gasteiger partial charge in [0.2, 0.25) is 10.0 Å². The zero-order valence-electron chi connectivity index (χ0n) is 21.7. The fourth-order valence-corrected chi connectivity index (χ4v) is 9.18. The van der Waals surface area contributed by atoms with Crippen molar-refractivity contribution in [1.29, 1.82) is 0 Å². The summed E-state index contributed by atoms with van der Waals surface area (Å²) < 4.78 is 39.7. The molecule has 5 fully saturated rings. The number of aromatic nitrogens is 1. The van der Waals surface area contributed by atoms with E-state index in [9.17, 15) is 13.2 Å². The van der Waals surface area contributed by atoms with E-state index in [1.165, 1.54) is 0 Å². The molecule has 0 aromatic carbocycles. The quantitative estimate of drug-likeness (QED) is 0.509. The Balaban J connectivity index is 0.970. The zero-order valence-corrected chi connectivity index (χ0v) is 22.5. The summed E-state index contributed by atoms with van der Waals surface area (Å²) in [5.74, 6) is 1.50. The van der Waals surface area contributed by atoms with Crippen LogP contribution in [0.3, 0.4) is 0 Å². The topological polar surface area (TPSA) is 108 Å². The molecule has 10 nitrogen and oxygen atoms in total. The van der Waals surface area contributed by atoms with Crippen LogP contribution in [0.4, 0.5) is 0 Å². The first-order valence-electron chi connectivity index (χ1n) is 14.3. The van der Waals surface area contributed by atoms with Crippen molar-refractivity contribution in [2.75, 3.05) is 58.2 Å². The summed E-state index contributed by atoms with van der Waals surface area (Å²) in [6.45, 7) is 7.77. The number of ether oxygens (including phenoxy) is 1. The Morgan fingerprint density at radius 2 is 1.59 bits per heavy atom.